The molecule has 104 valence electrons. The van der Waals surface area contributed by atoms with Crippen LogP contribution in [0.1, 0.15) is 31.7 Å². The van der Waals surface area contributed by atoms with Gasteiger partial charge in [0, 0.05) is 12.6 Å². The van der Waals surface area contributed by atoms with Gasteiger partial charge in [-0.15, -0.1) is 0 Å². The molecule has 1 aromatic rings. The summed E-state index contributed by atoms with van der Waals surface area (Å²) in [5, 5.41) is 3.47. The molecule has 0 saturated heterocycles. The second-order valence-electron chi connectivity index (χ2n) is 4.76. The SMILES string of the molecule is CCC(=Cc1ccc(OC(F)F)cc1)CNC1CC1. The molecule has 0 aromatic heterocycles. The highest BCUT2D eigenvalue weighted by Crippen LogP contribution is 2.20. The fraction of sp³-hybridized carbons (Fsp3) is 0.467. The zero-order valence-corrected chi connectivity index (χ0v) is 11.0. The second-order valence-corrected chi connectivity index (χ2v) is 4.76. The lowest BCUT2D eigenvalue weighted by atomic mass is 10.1. The first-order valence-electron chi connectivity index (χ1n) is 6.65. The molecule has 0 spiro atoms. The van der Waals surface area contributed by atoms with Crippen molar-refractivity contribution in [1.29, 1.82) is 0 Å². The fourth-order valence-electron chi connectivity index (χ4n) is 1.82. The molecule has 0 aliphatic heterocycles. The monoisotopic (exact) mass is 267 g/mol. The van der Waals surface area contributed by atoms with Crippen molar-refractivity contribution in [3.05, 3.63) is 35.4 Å². The van der Waals surface area contributed by atoms with Gasteiger partial charge in [0.15, 0.2) is 0 Å². The van der Waals surface area contributed by atoms with E-state index in [9.17, 15) is 8.78 Å². The number of alkyl halides is 2. The van der Waals surface area contributed by atoms with Crippen LogP contribution in [0.5, 0.6) is 5.75 Å². The van der Waals surface area contributed by atoms with E-state index in [0.717, 1.165) is 18.5 Å². The molecule has 0 amide bonds. The third kappa shape index (κ3) is 4.99. The van der Waals surface area contributed by atoms with E-state index in [2.05, 4.69) is 23.1 Å². The maximum atomic E-state index is 12.0. The van der Waals surface area contributed by atoms with Crippen LogP contribution in [0, 0.1) is 0 Å². The van der Waals surface area contributed by atoms with E-state index >= 15 is 0 Å². The van der Waals surface area contributed by atoms with Gasteiger partial charge in [-0.2, -0.15) is 8.78 Å². The van der Waals surface area contributed by atoms with Gasteiger partial charge in [-0.1, -0.05) is 30.7 Å². The van der Waals surface area contributed by atoms with Crippen molar-refractivity contribution in [3.63, 3.8) is 0 Å². The van der Waals surface area contributed by atoms with Crippen molar-refractivity contribution in [1.82, 2.24) is 5.32 Å². The minimum absolute atomic E-state index is 0.196. The van der Waals surface area contributed by atoms with Crippen molar-refractivity contribution in [2.45, 2.75) is 38.8 Å². The van der Waals surface area contributed by atoms with Crippen LogP contribution in [0.15, 0.2) is 29.8 Å². The number of rotatable bonds is 7. The van der Waals surface area contributed by atoms with Crippen LogP contribution in [0.4, 0.5) is 8.78 Å². The van der Waals surface area contributed by atoms with Gasteiger partial charge in [-0.05, 0) is 37.0 Å². The number of hydrogen-bond acceptors (Lipinski definition) is 2. The summed E-state index contributed by atoms with van der Waals surface area (Å²) in [4.78, 5) is 0. The Morgan fingerprint density at radius 3 is 2.58 bits per heavy atom. The van der Waals surface area contributed by atoms with E-state index in [0.29, 0.717) is 6.04 Å². The van der Waals surface area contributed by atoms with Crippen LogP contribution in [-0.2, 0) is 0 Å². The highest BCUT2D eigenvalue weighted by atomic mass is 19.3. The zero-order chi connectivity index (χ0) is 13.7. The normalized spacial score (nSPS) is 15.9. The molecule has 19 heavy (non-hydrogen) atoms. The van der Waals surface area contributed by atoms with Gasteiger partial charge in [0.05, 0.1) is 0 Å². The van der Waals surface area contributed by atoms with Crippen LogP contribution in [0.25, 0.3) is 6.08 Å². The highest BCUT2D eigenvalue weighted by molar-refractivity contribution is 5.54. The lowest BCUT2D eigenvalue weighted by molar-refractivity contribution is -0.0498. The van der Waals surface area contributed by atoms with Crippen molar-refractivity contribution in [2.75, 3.05) is 6.54 Å². The predicted octanol–water partition coefficient (Wildman–Crippen LogP) is 3.83. The summed E-state index contributed by atoms with van der Waals surface area (Å²) in [6.07, 6.45) is 5.63. The molecule has 0 radical (unpaired) electrons. The molecule has 2 nitrogen and oxygen atoms in total. The van der Waals surface area contributed by atoms with Crippen LogP contribution in [0.3, 0.4) is 0 Å². The van der Waals surface area contributed by atoms with E-state index in [1.807, 2.05) is 0 Å². The first-order chi connectivity index (χ1) is 9.17. The third-order valence-corrected chi connectivity index (χ3v) is 3.13. The Bertz CT molecular complexity index is 424. The van der Waals surface area contributed by atoms with E-state index in [4.69, 9.17) is 0 Å². The van der Waals surface area contributed by atoms with E-state index < -0.39 is 6.61 Å². The largest absolute Gasteiger partial charge is 0.435 e. The molecule has 0 unspecified atom stereocenters. The van der Waals surface area contributed by atoms with Crippen molar-refractivity contribution < 1.29 is 13.5 Å². The maximum Gasteiger partial charge on any atom is 0.387 e. The van der Waals surface area contributed by atoms with Crippen molar-refractivity contribution in [2.24, 2.45) is 0 Å². The Balaban J connectivity index is 1.94. The molecule has 0 heterocycles. The molecule has 0 atom stereocenters. The number of halogens is 2. The highest BCUT2D eigenvalue weighted by Gasteiger charge is 2.19. The van der Waals surface area contributed by atoms with Crippen LogP contribution in [0.2, 0.25) is 0 Å². The molecule has 1 aromatic carbocycles. The quantitative estimate of drug-likeness (QED) is 0.810. The molecule has 1 aliphatic rings. The smallest absolute Gasteiger partial charge is 0.387 e. The summed E-state index contributed by atoms with van der Waals surface area (Å²) in [7, 11) is 0. The zero-order valence-electron chi connectivity index (χ0n) is 11.0. The average molecular weight is 267 g/mol. The minimum Gasteiger partial charge on any atom is -0.435 e. The van der Waals surface area contributed by atoms with E-state index in [1.54, 1.807) is 24.3 Å². The van der Waals surface area contributed by atoms with Crippen LogP contribution < -0.4 is 10.1 Å². The topological polar surface area (TPSA) is 21.3 Å². The summed E-state index contributed by atoms with van der Waals surface area (Å²) in [6, 6.07) is 7.42. The van der Waals surface area contributed by atoms with Gasteiger partial charge in [0.1, 0.15) is 5.75 Å². The number of hydrogen-bond donors (Lipinski definition) is 1. The summed E-state index contributed by atoms with van der Waals surface area (Å²) in [5.74, 6) is 0.196. The van der Waals surface area contributed by atoms with Gasteiger partial charge >= 0.3 is 6.61 Å². The lowest BCUT2D eigenvalue weighted by Gasteiger charge is -2.07. The molecule has 1 aliphatic carbocycles. The summed E-state index contributed by atoms with van der Waals surface area (Å²) < 4.78 is 28.4. The number of ether oxygens (including phenoxy) is 1. The van der Waals surface area contributed by atoms with Gasteiger partial charge in [-0.3, -0.25) is 0 Å². The molecule has 0 bridgehead atoms. The minimum atomic E-state index is -2.77. The Kier molecular flexibility index (Phi) is 4.91. The van der Waals surface area contributed by atoms with Crippen LogP contribution >= 0.6 is 0 Å². The fourth-order valence-corrected chi connectivity index (χ4v) is 1.82. The molecular weight excluding hydrogens is 248 g/mol. The summed E-state index contributed by atoms with van der Waals surface area (Å²) in [6.45, 7) is 0.251. The average Bonchev–Trinajstić information content (AvgIpc) is 3.20. The van der Waals surface area contributed by atoms with Crippen LogP contribution in [-0.4, -0.2) is 19.2 Å². The second kappa shape index (κ2) is 6.66. The van der Waals surface area contributed by atoms with Crippen molar-refractivity contribution >= 4 is 6.08 Å². The maximum absolute atomic E-state index is 12.0. The standard InChI is InChI=1S/C15H19F2NO/c1-2-11(10-18-13-5-6-13)9-12-3-7-14(8-4-12)19-15(16)17/h3-4,7-9,13,15,18H,2,5-6,10H2,1H3. The van der Waals surface area contributed by atoms with E-state index in [1.165, 1.54) is 18.4 Å². The molecule has 2 rings (SSSR count). The Labute approximate surface area is 112 Å². The first kappa shape index (κ1) is 14.0. The molecular formula is C15H19F2NO. The molecule has 1 saturated carbocycles. The summed E-state index contributed by atoms with van der Waals surface area (Å²) >= 11 is 0. The van der Waals surface area contributed by atoms with Gasteiger partial charge in [0.25, 0.3) is 0 Å². The van der Waals surface area contributed by atoms with Gasteiger partial charge in [0.2, 0.25) is 0 Å². The first-order valence-corrected chi connectivity index (χ1v) is 6.65. The Morgan fingerprint density at radius 2 is 2.05 bits per heavy atom. The van der Waals surface area contributed by atoms with Gasteiger partial charge < -0.3 is 10.1 Å². The van der Waals surface area contributed by atoms with Gasteiger partial charge in [-0.25, -0.2) is 0 Å². The Morgan fingerprint density at radius 1 is 1.37 bits per heavy atom. The van der Waals surface area contributed by atoms with Crippen molar-refractivity contribution in [3.8, 4) is 5.75 Å². The molecule has 1 fully saturated rings. The number of nitrogens with one attached hydrogen (secondary N) is 1. The third-order valence-electron chi connectivity index (χ3n) is 3.13. The summed E-state index contributed by atoms with van der Waals surface area (Å²) in [5.41, 5.74) is 2.32. The predicted molar refractivity (Wildman–Crippen MR) is 72.4 cm³/mol. The Hall–Kier alpha value is -1.42. The van der Waals surface area contributed by atoms with E-state index in [-0.39, 0.29) is 5.75 Å². The lowest BCUT2D eigenvalue weighted by Crippen LogP contribution is -2.18. The molecule has 1 N–H and O–H groups in total. The molecule has 4 heteroatoms. The number of benzene rings is 1.